The van der Waals surface area contributed by atoms with Crippen LogP contribution in [-0.2, 0) is 11.3 Å². The van der Waals surface area contributed by atoms with Gasteiger partial charge in [-0.15, -0.1) is 12.6 Å². The molecule has 0 atom stereocenters. The number of carbonyl (C=O) groups excluding carboxylic acids is 1. The first-order valence-electron chi connectivity index (χ1n) is 8.15. The molecule has 0 aliphatic carbocycles. The topological polar surface area (TPSA) is 64.4 Å². The summed E-state index contributed by atoms with van der Waals surface area (Å²) < 4.78 is 10.1. The second kappa shape index (κ2) is 11.2. The highest BCUT2D eigenvalue weighted by Gasteiger charge is 2.14. The summed E-state index contributed by atoms with van der Waals surface area (Å²) in [4.78, 5) is 16.3. The van der Waals surface area contributed by atoms with Crippen LogP contribution < -0.4 is 5.32 Å². The van der Waals surface area contributed by atoms with Crippen LogP contribution in [0.2, 0.25) is 5.02 Å². The quantitative estimate of drug-likeness (QED) is 0.430. The van der Waals surface area contributed by atoms with Crippen molar-refractivity contribution >= 4 is 30.2 Å². The molecule has 1 aromatic carbocycles. The molecule has 0 aliphatic rings. The first kappa shape index (κ1) is 21.5. The molecule has 0 fully saturated rings. The highest BCUT2D eigenvalue weighted by molar-refractivity contribution is 7.80. The summed E-state index contributed by atoms with van der Waals surface area (Å²) in [6, 6.07) is 5.72. The summed E-state index contributed by atoms with van der Waals surface area (Å²) in [5.74, 6) is 0.0599. The number of hydrogen-bond donors (Lipinski definition) is 2. The van der Waals surface area contributed by atoms with Gasteiger partial charge in [0.05, 0.1) is 17.7 Å². The molecule has 5 nitrogen and oxygen atoms in total. The molecule has 0 saturated carbocycles. The number of rotatable bonds is 6. The minimum atomic E-state index is -0.444. The Morgan fingerprint density at radius 1 is 1.44 bits per heavy atom. The van der Waals surface area contributed by atoms with Crippen molar-refractivity contribution in [3.63, 3.8) is 0 Å². The molecule has 1 aromatic heterocycles. The molecule has 0 radical (unpaired) electrons. The molecule has 138 valence electrons. The number of aromatic nitrogens is 1. The van der Waals surface area contributed by atoms with Gasteiger partial charge in [-0.05, 0) is 45.4 Å². The third-order valence-corrected chi connectivity index (χ3v) is 4.04. The van der Waals surface area contributed by atoms with Crippen LogP contribution in [0.3, 0.4) is 0 Å². The Morgan fingerprint density at radius 3 is 2.72 bits per heavy atom. The van der Waals surface area contributed by atoms with Gasteiger partial charge in [-0.3, -0.25) is 0 Å². The smallest absolute Gasteiger partial charge is 0.360 e. The molecular weight excluding hydrogens is 360 g/mol. The Kier molecular flexibility index (Phi) is 9.63. The second-order valence-corrected chi connectivity index (χ2v) is 6.52. The summed E-state index contributed by atoms with van der Waals surface area (Å²) in [7, 11) is 0. The number of thiol groups is 1. The van der Waals surface area contributed by atoms with Gasteiger partial charge in [0.1, 0.15) is 6.26 Å². The van der Waals surface area contributed by atoms with Crippen molar-refractivity contribution in [2.75, 3.05) is 6.54 Å². The van der Waals surface area contributed by atoms with Crippen molar-refractivity contribution in [3.05, 3.63) is 46.6 Å². The summed E-state index contributed by atoms with van der Waals surface area (Å²) >= 11 is 9.92. The zero-order valence-corrected chi connectivity index (χ0v) is 16.7. The average Bonchev–Trinajstić information content (AvgIpc) is 3.02. The molecule has 25 heavy (non-hydrogen) atoms. The number of hydrogen-bond acceptors (Lipinski definition) is 6. The molecule has 1 heterocycles. The molecule has 0 unspecified atom stereocenters. The van der Waals surface area contributed by atoms with Gasteiger partial charge in [0, 0.05) is 4.90 Å². The minimum absolute atomic E-state index is 0.147. The van der Waals surface area contributed by atoms with Gasteiger partial charge in [-0.1, -0.05) is 30.7 Å². The SMILES string of the molecule is CCCNCc1nc(C(=O)OC(C)C)co1.Cc1cccc(Cl)c1S. The molecular formula is C18H25ClN2O3S. The van der Waals surface area contributed by atoms with Crippen LogP contribution in [0.1, 0.15) is 49.1 Å². The summed E-state index contributed by atoms with van der Waals surface area (Å²) in [5, 5.41) is 3.86. The summed E-state index contributed by atoms with van der Waals surface area (Å²) in [6.45, 7) is 9.07. The lowest BCUT2D eigenvalue weighted by Crippen LogP contribution is -2.15. The van der Waals surface area contributed by atoms with E-state index in [1.165, 1.54) is 6.26 Å². The molecule has 0 saturated heterocycles. The predicted molar refractivity (Wildman–Crippen MR) is 102 cm³/mol. The van der Waals surface area contributed by atoms with E-state index in [9.17, 15) is 4.79 Å². The molecule has 1 N–H and O–H groups in total. The van der Waals surface area contributed by atoms with Crippen LogP contribution in [0.4, 0.5) is 0 Å². The number of esters is 1. The highest BCUT2D eigenvalue weighted by Crippen LogP contribution is 2.22. The number of nitrogens with one attached hydrogen (secondary N) is 1. The van der Waals surface area contributed by atoms with Crippen LogP contribution in [0.15, 0.2) is 33.8 Å². The molecule has 0 bridgehead atoms. The van der Waals surface area contributed by atoms with Crippen molar-refractivity contribution in [2.24, 2.45) is 0 Å². The Morgan fingerprint density at radius 2 is 2.16 bits per heavy atom. The van der Waals surface area contributed by atoms with Crippen LogP contribution in [0.25, 0.3) is 0 Å². The van der Waals surface area contributed by atoms with Crippen molar-refractivity contribution in [1.29, 1.82) is 0 Å². The van der Waals surface area contributed by atoms with Crippen molar-refractivity contribution < 1.29 is 13.9 Å². The maximum atomic E-state index is 11.4. The number of benzene rings is 1. The molecule has 7 heteroatoms. The third kappa shape index (κ3) is 7.94. The Hall–Kier alpha value is -1.50. The first-order valence-corrected chi connectivity index (χ1v) is 8.97. The summed E-state index contributed by atoms with van der Waals surface area (Å²) in [6.07, 6.45) is 2.22. The number of oxazole rings is 1. The van der Waals surface area contributed by atoms with Gasteiger partial charge in [0.2, 0.25) is 5.89 Å². The maximum Gasteiger partial charge on any atom is 0.360 e. The van der Waals surface area contributed by atoms with Crippen molar-refractivity contribution in [2.45, 2.75) is 51.7 Å². The largest absolute Gasteiger partial charge is 0.458 e. The van der Waals surface area contributed by atoms with Gasteiger partial charge in [-0.25, -0.2) is 9.78 Å². The fraction of sp³-hybridized carbons (Fsp3) is 0.444. The van der Waals surface area contributed by atoms with Crippen LogP contribution >= 0.6 is 24.2 Å². The standard InChI is InChI=1S/C11H18N2O3.C7H7ClS/c1-4-5-12-6-10-13-9(7-15-10)11(14)16-8(2)3;1-5-3-2-4-6(8)7(5)9/h7-8,12H,4-6H2,1-3H3;2-4,9H,1H3. The predicted octanol–water partition coefficient (Wildman–Crippen LogP) is 4.68. The fourth-order valence-electron chi connectivity index (χ4n) is 1.76. The third-order valence-electron chi connectivity index (χ3n) is 3.00. The van der Waals surface area contributed by atoms with Crippen molar-refractivity contribution in [1.82, 2.24) is 10.3 Å². The number of nitrogens with zero attached hydrogens (tertiary/aromatic N) is 1. The van der Waals surface area contributed by atoms with E-state index in [1.54, 1.807) is 13.8 Å². The highest BCUT2D eigenvalue weighted by atomic mass is 35.5. The lowest BCUT2D eigenvalue weighted by molar-refractivity contribution is 0.0371. The Bertz CT molecular complexity index is 654. The first-order chi connectivity index (χ1) is 11.8. The second-order valence-electron chi connectivity index (χ2n) is 5.66. The lowest BCUT2D eigenvalue weighted by Gasteiger charge is -2.04. The Balaban J connectivity index is 0.000000293. The average molecular weight is 385 g/mol. The van der Waals surface area contributed by atoms with Crippen LogP contribution in [0, 0.1) is 6.92 Å². The number of ether oxygens (including phenoxy) is 1. The summed E-state index contributed by atoms with van der Waals surface area (Å²) in [5.41, 5.74) is 1.34. The van der Waals surface area contributed by atoms with Crippen molar-refractivity contribution in [3.8, 4) is 0 Å². The van der Waals surface area contributed by atoms with E-state index in [4.69, 9.17) is 20.8 Å². The molecule has 0 spiro atoms. The fourth-order valence-corrected chi connectivity index (χ4v) is 2.13. The lowest BCUT2D eigenvalue weighted by atomic mass is 10.2. The maximum absolute atomic E-state index is 11.4. The van der Waals surface area contributed by atoms with E-state index in [0.29, 0.717) is 12.4 Å². The molecule has 0 amide bonds. The Labute approximate surface area is 159 Å². The van der Waals surface area contributed by atoms with Crippen LogP contribution in [0.5, 0.6) is 0 Å². The van der Waals surface area contributed by atoms with E-state index in [1.807, 2.05) is 25.1 Å². The van der Waals surface area contributed by atoms with Gasteiger partial charge in [0.15, 0.2) is 5.69 Å². The molecule has 2 aromatic rings. The normalized spacial score (nSPS) is 10.4. The zero-order valence-electron chi connectivity index (χ0n) is 15.0. The molecule has 2 rings (SSSR count). The van der Waals surface area contributed by atoms with Crippen LogP contribution in [-0.4, -0.2) is 23.6 Å². The molecule has 0 aliphatic heterocycles. The van der Waals surface area contributed by atoms with E-state index < -0.39 is 5.97 Å². The van der Waals surface area contributed by atoms with E-state index in [-0.39, 0.29) is 11.8 Å². The van der Waals surface area contributed by atoms with Gasteiger partial charge in [-0.2, -0.15) is 0 Å². The van der Waals surface area contributed by atoms with Gasteiger partial charge >= 0.3 is 5.97 Å². The monoisotopic (exact) mass is 384 g/mol. The van der Waals surface area contributed by atoms with Gasteiger partial charge < -0.3 is 14.5 Å². The van der Waals surface area contributed by atoms with E-state index in [2.05, 4.69) is 29.9 Å². The number of halogens is 1. The van der Waals surface area contributed by atoms with E-state index >= 15 is 0 Å². The van der Waals surface area contributed by atoms with E-state index in [0.717, 1.165) is 28.4 Å². The van der Waals surface area contributed by atoms with Gasteiger partial charge in [0.25, 0.3) is 0 Å². The minimum Gasteiger partial charge on any atom is -0.458 e. The number of aryl methyl sites for hydroxylation is 1. The number of carbonyl (C=O) groups is 1. The zero-order chi connectivity index (χ0) is 18.8.